The molecule has 0 aliphatic carbocycles. The lowest BCUT2D eigenvalue weighted by Crippen LogP contribution is -2.38. The fourth-order valence-electron chi connectivity index (χ4n) is 4.01. The number of hydrogen-bond acceptors (Lipinski definition) is 4. The quantitative estimate of drug-likeness (QED) is 0.635. The zero-order valence-corrected chi connectivity index (χ0v) is 16.8. The molecule has 3 rings (SSSR count). The van der Waals surface area contributed by atoms with Crippen molar-refractivity contribution in [2.75, 3.05) is 13.2 Å². The first-order valence-electron chi connectivity index (χ1n) is 10.2. The molecule has 3 saturated heterocycles. The fraction of sp³-hybridized carbons (Fsp3) is 0.818. The summed E-state index contributed by atoms with van der Waals surface area (Å²) in [5, 5.41) is 0. The molecule has 0 amide bonds. The molecule has 4 nitrogen and oxygen atoms in total. The van der Waals surface area contributed by atoms with Crippen LogP contribution in [0.1, 0.15) is 65.7 Å². The van der Waals surface area contributed by atoms with E-state index < -0.39 is 0 Å². The second-order valence-corrected chi connectivity index (χ2v) is 9.08. The van der Waals surface area contributed by atoms with E-state index in [0.29, 0.717) is 6.10 Å². The van der Waals surface area contributed by atoms with E-state index >= 15 is 0 Å². The van der Waals surface area contributed by atoms with Crippen molar-refractivity contribution in [2.45, 2.75) is 96.4 Å². The van der Waals surface area contributed by atoms with Crippen LogP contribution in [0, 0.1) is 5.41 Å². The van der Waals surface area contributed by atoms with Crippen LogP contribution in [0.3, 0.4) is 0 Å². The van der Waals surface area contributed by atoms with Gasteiger partial charge in [0.2, 0.25) is 0 Å². The number of hydrogen-bond donors (Lipinski definition) is 0. The summed E-state index contributed by atoms with van der Waals surface area (Å²) in [5.41, 5.74) is 2.58. The van der Waals surface area contributed by atoms with E-state index in [1.165, 1.54) is 11.1 Å². The minimum absolute atomic E-state index is 0.0795. The summed E-state index contributed by atoms with van der Waals surface area (Å²) in [7, 11) is 0. The van der Waals surface area contributed by atoms with Gasteiger partial charge in [0, 0.05) is 11.8 Å². The highest BCUT2D eigenvalue weighted by molar-refractivity contribution is 5.10. The van der Waals surface area contributed by atoms with E-state index in [4.69, 9.17) is 18.9 Å². The van der Waals surface area contributed by atoms with Crippen molar-refractivity contribution < 1.29 is 18.9 Å². The fourth-order valence-corrected chi connectivity index (χ4v) is 4.01. The second kappa shape index (κ2) is 8.55. The third-order valence-corrected chi connectivity index (χ3v) is 5.86. The van der Waals surface area contributed by atoms with Gasteiger partial charge in [0.05, 0.1) is 37.6 Å². The molecule has 0 spiro atoms. The summed E-state index contributed by atoms with van der Waals surface area (Å²) < 4.78 is 24.0. The Kier molecular flexibility index (Phi) is 6.60. The number of rotatable bonds is 6. The van der Waals surface area contributed by atoms with Crippen LogP contribution in [0.25, 0.3) is 0 Å². The Balaban J connectivity index is 1.35. The molecule has 3 aliphatic heterocycles. The maximum absolute atomic E-state index is 6.26. The molecule has 0 aromatic heterocycles. The minimum Gasteiger partial charge on any atom is -0.371 e. The monoisotopic (exact) mass is 364 g/mol. The molecule has 0 unspecified atom stereocenters. The van der Waals surface area contributed by atoms with Crippen LogP contribution >= 0.6 is 0 Å². The van der Waals surface area contributed by atoms with Crippen LogP contribution in [0.4, 0.5) is 0 Å². The summed E-state index contributed by atoms with van der Waals surface area (Å²) in [6.07, 6.45) is 7.90. The van der Waals surface area contributed by atoms with Gasteiger partial charge in [-0.25, -0.2) is 0 Å². The lowest BCUT2D eigenvalue weighted by molar-refractivity contribution is -0.225. The molecular weight excluding hydrogens is 328 g/mol. The third kappa shape index (κ3) is 5.41. The van der Waals surface area contributed by atoms with Gasteiger partial charge in [-0.1, -0.05) is 27.0 Å². The Labute approximate surface area is 158 Å². The Bertz CT molecular complexity index is 502. The standard InChI is InChI=1S/C22H36O4/c1-15-6-7-18(25-17(15)3)8-10-20-16(2)12-19(26-20)9-11-21-23-13-22(4,5)14-24-21/h17-21H,1-2,6-14H2,3-5H3/t17-,18-,19+,20+/m1/s1. The van der Waals surface area contributed by atoms with E-state index in [1.54, 1.807) is 0 Å². The van der Waals surface area contributed by atoms with Crippen LogP contribution in [0.15, 0.2) is 24.3 Å². The van der Waals surface area contributed by atoms with Crippen molar-refractivity contribution in [1.29, 1.82) is 0 Å². The summed E-state index contributed by atoms with van der Waals surface area (Å²) in [6.45, 7) is 16.3. The summed E-state index contributed by atoms with van der Waals surface area (Å²) in [5.74, 6) is 0. The summed E-state index contributed by atoms with van der Waals surface area (Å²) in [4.78, 5) is 0. The maximum Gasteiger partial charge on any atom is 0.157 e. The molecule has 4 atom stereocenters. The van der Waals surface area contributed by atoms with Gasteiger partial charge >= 0.3 is 0 Å². The predicted molar refractivity (Wildman–Crippen MR) is 103 cm³/mol. The Morgan fingerprint density at radius 2 is 1.62 bits per heavy atom. The molecule has 3 fully saturated rings. The SMILES string of the molecule is C=C1C[C@H](CCC2OCC(C)(C)CO2)O[C@H]1CC[C@H]1CCC(=C)[C@@H](C)O1. The molecule has 0 N–H and O–H groups in total. The van der Waals surface area contributed by atoms with Crippen LogP contribution < -0.4 is 0 Å². The van der Waals surface area contributed by atoms with Crippen LogP contribution in [-0.4, -0.2) is 43.9 Å². The normalized spacial score (nSPS) is 35.8. The smallest absolute Gasteiger partial charge is 0.157 e. The van der Waals surface area contributed by atoms with E-state index in [1.807, 2.05) is 0 Å². The first-order chi connectivity index (χ1) is 12.3. The Hall–Kier alpha value is -0.680. The van der Waals surface area contributed by atoms with Crippen molar-refractivity contribution in [2.24, 2.45) is 5.41 Å². The van der Waals surface area contributed by atoms with Crippen molar-refractivity contribution in [1.82, 2.24) is 0 Å². The maximum atomic E-state index is 6.26. The van der Waals surface area contributed by atoms with Crippen molar-refractivity contribution in [3.05, 3.63) is 24.3 Å². The largest absolute Gasteiger partial charge is 0.371 e. The molecular formula is C22H36O4. The molecule has 0 aromatic carbocycles. The van der Waals surface area contributed by atoms with E-state index in [0.717, 1.165) is 58.2 Å². The third-order valence-electron chi connectivity index (χ3n) is 5.86. The highest BCUT2D eigenvalue weighted by atomic mass is 16.7. The average molecular weight is 365 g/mol. The van der Waals surface area contributed by atoms with Gasteiger partial charge in [0.25, 0.3) is 0 Å². The lowest BCUT2D eigenvalue weighted by atomic mass is 9.95. The lowest BCUT2D eigenvalue weighted by Gasteiger charge is -2.34. The zero-order chi connectivity index (χ0) is 18.7. The highest BCUT2D eigenvalue weighted by Gasteiger charge is 2.32. The first-order valence-corrected chi connectivity index (χ1v) is 10.2. The van der Waals surface area contributed by atoms with E-state index in [-0.39, 0.29) is 30.0 Å². The first kappa shape index (κ1) is 20.1. The highest BCUT2D eigenvalue weighted by Crippen LogP contribution is 2.33. The predicted octanol–water partition coefficient (Wildman–Crippen LogP) is 4.78. The summed E-state index contributed by atoms with van der Waals surface area (Å²) >= 11 is 0. The van der Waals surface area contributed by atoms with Gasteiger partial charge in [0.15, 0.2) is 6.29 Å². The van der Waals surface area contributed by atoms with Gasteiger partial charge in [-0.15, -0.1) is 0 Å². The van der Waals surface area contributed by atoms with Gasteiger partial charge in [-0.3, -0.25) is 0 Å². The van der Waals surface area contributed by atoms with Crippen molar-refractivity contribution in [3.8, 4) is 0 Å². The van der Waals surface area contributed by atoms with E-state index in [9.17, 15) is 0 Å². The van der Waals surface area contributed by atoms with Gasteiger partial charge < -0.3 is 18.9 Å². The molecule has 148 valence electrons. The van der Waals surface area contributed by atoms with Gasteiger partial charge in [0.1, 0.15) is 0 Å². The van der Waals surface area contributed by atoms with Crippen LogP contribution in [0.5, 0.6) is 0 Å². The molecule has 3 aliphatic rings. The van der Waals surface area contributed by atoms with Gasteiger partial charge in [-0.2, -0.15) is 0 Å². The van der Waals surface area contributed by atoms with Crippen molar-refractivity contribution in [3.63, 3.8) is 0 Å². The van der Waals surface area contributed by atoms with Crippen LogP contribution in [0.2, 0.25) is 0 Å². The molecule has 4 heteroatoms. The zero-order valence-electron chi connectivity index (χ0n) is 16.8. The van der Waals surface area contributed by atoms with Crippen molar-refractivity contribution >= 4 is 0 Å². The number of ether oxygens (including phenoxy) is 4. The van der Waals surface area contributed by atoms with Gasteiger partial charge in [-0.05, 0) is 56.6 Å². The average Bonchev–Trinajstić information content (AvgIpc) is 2.95. The molecule has 0 bridgehead atoms. The second-order valence-electron chi connectivity index (χ2n) is 9.08. The molecule has 26 heavy (non-hydrogen) atoms. The Morgan fingerprint density at radius 1 is 0.923 bits per heavy atom. The molecule has 3 heterocycles. The molecule has 0 aromatic rings. The minimum atomic E-state index is -0.0795. The Morgan fingerprint density at radius 3 is 2.31 bits per heavy atom. The summed E-state index contributed by atoms with van der Waals surface area (Å²) in [6, 6.07) is 0. The molecule has 0 saturated carbocycles. The van der Waals surface area contributed by atoms with E-state index in [2.05, 4.69) is 33.9 Å². The molecule has 0 radical (unpaired) electrons. The topological polar surface area (TPSA) is 36.9 Å². The van der Waals surface area contributed by atoms with Crippen LogP contribution in [-0.2, 0) is 18.9 Å².